The second kappa shape index (κ2) is 7.04. The molecular weight excluding hydrogens is 338 g/mol. The van der Waals surface area contributed by atoms with Crippen LogP contribution < -0.4 is 0 Å². The van der Waals surface area contributed by atoms with Crippen LogP contribution in [0.3, 0.4) is 0 Å². The Morgan fingerprint density at radius 1 is 1.43 bits per heavy atom. The summed E-state index contributed by atoms with van der Waals surface area (Å²) in [6.45, 7) is 2.96. The van der Waals surface area contributed by atoms with Crippen molar-refractivity contribution in [3.63, 3.8) is 0 Å². The van der Waals surface area contributed by atoms with Crippen LogP contribution in [-0.4, -0.2) is 43.6 Å². The minimum absolute atomic E-state index is 0.0677. The molecule has 1 aromatic rings. The van der Waals surface area contributed by atoms with E-state index >= 15 is 0 Å². The van der Waals surface area contributed by atoms with Gasteiger partial charge in [0.2, 0.25) is 0 Å². The Balaban J connectivity index is 2.26. The number of carbonyl (C=O) groups is 2. The van der Waals surface area contributed by atoms with E-state index in [4.69, 9.17) is 4.74 Å². The average Bonchev–Trinajstić information content (AvgIpc) is 2.72. The fraction of sp³-hybridized carbons (Fsp3) is 0.467. The third-order valence-electron chi connectivity index (χ3n) is 3.39. The molecule has 1 aromatic carbocycles. The molecule has 0 saturated heterocycles. The third-order valence-corrected chi connectivity index (χ3v) is 3.89. The van der Waals surface area contributed by atoms with Gasteiger partial charge in [-0.2, -0.15) is 0 Å². The lowest BCUT2D eigenvalue weighted by molar-refractivity contribution is -0.142. The van der Waals surface area contributed by atoms with Crippen LogP contribution in [0.2, 0.25) is 0 Å². The highest BCUT2D eigenvalue weighted by Gasteiger charge is 2.38. The number of amides is 1. The van der Waals surface area contributed by atoms with Crippen LogP contribution in [0.4, 0.5) is 0 Å². The molecule has 1 aliphatic heterocycles. The van der Waals surface area contributed by atoms with Crippen molar-refractivity contribution in [2.75, 3.05) is 26.9 Å². The molecule has 0 radical (unpaired) electrons. The summed E-state index contributed by atoms with van der Waals surface area (Å²) in [6, 6.07) is 5.32. The summed E-state index contributed by atoms with van der Waals surface area (Å²) in [6.07, 6.45) is 0.908. The highest BCUT2D eigenvalue weighted by molar-refractivity contribution is 9.10. The first-order valence-corrected chi connectivity index (χ1v) is 7.62. The maximum Gasteiger partial charge on any atom is 0.325 e. The zero-order chi connectivity index (χ0) is 15.4. The Labute approximate surface area is 132 Å². The van der Waals surface area contributed by atoms with Crippen molar-refractivity contribution in [1.82, 2.24) is 4.90 Å². The number of halogens is 1. The molecule has 5 nitrogen and oxygen atoms in total. The van der Waals surface area contributed by atoms with Crippen LogP contribution in [0.5, 0.6) is 0 Å². The van der Waals surface area contributed by atoms with E-state index in [9.17, 15) is 9.59 Å². The van der Waals surface area contributed by atoms with Crippen LogP contribution in [0, 0.1) is 0 Å². The van der Waals surface area contributed by atoms with Crippen molar-refractivity contribution in [3.8, 4) is 0 Å². The predicted octanol–water partition coefficient (Wildman–Crippen LogP) is 2.55. The number of fused-ring (bicyclic) bond motifs is 1. The van der Waals surface area contributed by atoms with Gasteiger partial charge in [0.25, 0.3) is 5.91 Å². The van der Waals surface area contributed by atoms with Gasteiger partial charge < -0.3 is 14.4 Å². The van der Waals surface area contributed by atoms with Gasteiger partial charge in [0.15, 0.2) is 0 Å². The second-order valence-electron chi connectivity index (χ2n) is 4.83. The van der Waals surface area contributed by atoms with E-state index in [2.05, 4.69) is 20.7 Å². The van der Waals surface area contributed by atoms with Gasteiger partial charge >= 0.3 is 5.97 Å². The van der Waals surface area contributed by atoms with Crippen molar-refractivity contribution in [1.29, 1.82) is 0 Å². The standard InChI is InChI=1S/C15H18BrNO4/c1-3-6-21-9-13-11-5-4-10(16)7-12(11)15(19)17(13)8-14(18)20-2/h4-5,7,13H,3,6,8-9H2,1-2H3. The smallest absolute Gasteiger partial charge is 0.325 e. The molecule has 0 spiro atoms. The summed E-state index contributed by atoms with van der Waals surface area (Å²) in [4.78, 5) is 25.5. The molecular formula is C15H18BrNO4. The van der Waals surface area contributed by atoms with Crippen molar-refractivity contribution in [3.05, 3.63) is 33.8 Å². The molecule has 1 amide bonds. The third kappa shape index (κ3) is 3.44. The summed E-state index contributed by atoms with van der Waals surface area (Å²) < 4.78 is 11.1. The Bertz CT molecular complexity index is 546. The molecule has 114 valence electrons. The number of rotatable bonds is 6. The quantitative estimate of drug-likeness (QED) is 0.581. The Kier molecular flexibility index (Phi) is 5.36. The fourth-order valence-electron chi connectivity index (χ4n) is 2.37. The number of hydrogen-bond acceptors (Lipinski definition) is 4. The van der Waals surface area contributed by atoms with Gasteiger partial charge in [-0.15, -0.1) is 0 Å². The minimum Gasteiger partial charge on any atom is -0.468 e. The van der Waals surface area contributed by atoms with Gasteiger partial charge in [-0.25, -0.2) is 0 Å². The summed E-state index contributed by atoms with van der Waals surface area (Å²) in [7, 11) is 1.31. The van der Waals surface area contributed by atoms with Gasteiger partial charge in [-0.1, -0.05) is 28.9 Å². The summed E-state index contributed by atoms with van der Waals surface area (Å²) in [5.74, 6) is -0.600. The maximum absolute atomic E-state index is 12.5. The largest absolute Gasteiger partial charge is 0.468 e. The molecule has 2 rings (SSSR count). The van der Waals surface area contributed by atoms with Crippen molar-refractivity contribution in [2.45, 2.75) is 19.4 Å². The van der Waals surface area contributed by atoms with E-state index in [-0.39, 0.29) is 18.5 Å². The highest BCUT2D eigenvalue weighted by Crippen LogP contribution is 2.35. The van der Waals surface area contributed by atoms with Gasteiger partial charge in [-0.05, 0) is 24.1 Å². The van der Waals surface area contributed by atoms with Gasteiger partial charge in [0.05, 0.1) is 19.8 Å². The first-order valence-electron chi connectivity index (χ1n) is 6.83. The molecule has 0 bridgehead atoms. The summed E-state index contributed by atoms with van der Waals surface area (Å²) in [5.41, 5.74) is 1.50. The van der Waals surface area contributed by atoms with E-state index < -0.39 is 5.97 Å². The van der Waals surface area contributed by atoms with Crippen molar-refractivity contribution >= 4 is 27.8 Å². The molecule has 0 aliphatic carbocycles. The Morgan fingerprint density at radius 2 is 2.19 bits per heavy atom. The van der Waals surface area contributed by atoms with Crippen molar-refractivity contribution in [2.24, 2.45) is 0 Å². The number of nitrogens with zero attached hydrogens (tertiary/aromatic N) is 1. The first-order chi connectivity index (χ1) is 10.1. The molecule has 1 aliphatic rings. The monoisotopic (exact) mass is 355 g/mol. The molecule has 1 unspecified atom stereocenters. The summed E-state index contributed by atoms with van der Waals surface area (Å²) >= 11 is 3.37. The number of esters is 1. The van der Waals surface area contributed by atoms with Crippen LogP contribution in [-0.2, 0) is 14.3 Å². The predicted molar refractivity (Wildman–Crippen MR) is 81.0 cm³/mol. The molecule has 0 aromatic heterocycles. The normalized spacial score (nSPS) is 17.0. The summed E-state index contributed by atoms with van der Waals surface area (Å²) in [5, 5.41) is 0. The van der Waals surface area contributed by atoms with Gasteiger partial charge in [-0.3, -0.25) is 9.59 Å². The molecule has 1 heterocycles. The average molecular weight is 356 g/mol. The molecule has 0 saturated carbocycles. The Hall–Kier alpha value is -1.40. The maximum atomic E-state index is 12.5. The molecule has 0 fully saturated rings. The van der Waals surface area contributed by atoms with E-state index in [1.807, 2.05) is 19.1 Å². The number of benzene rings is 1. The topological polar surface area (TPSA) is 55.8 Å². The van der Waals surface area contributed by atoms with E-state index in [1.54, 1.807) is 6.07 Å². The number of ether oxygens (including phenoxy) is 2. The zero-order valence-electron chi connectivity index (χ0n) is 12.1. The molecule has 6 heteroatoms. The second-order valence-corrected chi connectivity index (χ2v) is 5.75. The fourth-order valence-corrected chi connectivity index (χ4v) is 2.73. The van der Waals surface area contributed by atoms with E-state index in [0.717, 1.165) is 16.5 Å². The van der Waals surface area contributed by atoms with Crippen LogP contribution >= 0.6 is 15.9 Å². The zero-order valence-corrected chi connectivity index (χ0v) is 13.7. The van der Waals surface area contributed by atoms with Crippen molar-refractivity contribution < 1.29 is 19.1 Å². The van der Waals surface area contributed by atoms with E-state index in [0.29, 0.717) is 18.8 Å². The van der Waals surface area contributed by atoms with Gasteiger partial charge in [0.1, 0.15) is 6.54 Å². The van der Waals surface area contributed by atoms with Crippen LogP contribution in [0.15, 0.2) is 22.7 Å². The lowest BCUT2D eigenvalue weighted by atomic mass is 10.1. The van der Waals surface area contributed by atoms with Crippen LogP contribution in [0.25, 0.3) is 0 Å². The van der Waals surface area contributed by atoms with Gasteiger partial charge in [0, 0.05) is 16.6 Å². The number of methoxy groups -OCH3 is 1. The minimum atomic E-state index is -0.435. The van der Waals surface area contributed by atoms with Crippen LogP contribution in [0.1, 0.15) is 35.3 Å². The molecule has 0 N–H and O–H groups in total. The first kappa shape index (κ1) is 16.0. The lowest BCUT2D eigenvalue weighted by Gasteiger charge is -2.24. The number of hydrogen-bond donors (Lipinski definition) is 0. The number of carbonyl (C=O) groups excluding carboxylic acids is 2. The molecule has 1 atom stereocenters. The SMILES string of the molecule is CCCOCC1c2ccc(Br)cc2C(=O)N1CC(=O)OC. The molecule has 21 heavy (non-hydrogen) atoms. The van der Waals surface area contributed by atoms with E-state index in [1.165, 1.54) is 12.0 Å². The highest BCUT2D eigenvalue weighted by atomic mass is 79.9. The lowest BCUT2D eigenvalue weighted by Crippen LogP contribution is -2.35. The Morgan fingerprint density at radius 3 is 2.86 bits per heavy atom.